The maximum Gasteiger partial charge on any atom is 0.150 e. The van der Waals surface area contributed by atoms with Crippen molar-refractivity contribution in [1.29, 1.82) is 0 Å². The van der Waals surface area contributed by atoms with Crippen LogP contribution in [0.2, 0.25) is 0 Å². The fourth-order valence-corrected chi connectivity index (χ4v) is 1.26. The highest BCUT2D eigenvalue weighted by Crippen LogP contribution is 2.16. The average Bonchev–Trinajstić information content (AvgIpc) is 2.30. The van der Waals surface area contributed by atoms with Gasteiger partial charge in [-0.2, -0.15) is 0 Å². The van der Waals surface area contributed by atoms with Crippen LogP contribution < -0.4 is 10.9 Å². The summed E-state index contributed by atoms with van der Waals surface area (Å²) in [5.41, 5.74) is 5.90. The molecule has 2 nitrogen and oxygen atoms in total. The van der Waals surface area contributed by atoms with Crippen LogP contribution in [0.15, 0.2) is 42.5 Å². The molecule has 0 spiro atoms. The standard InChI is InChI=1S/C12H9F3N2/c13-8-1-4-10(5-2-8)16-17-12-6-3-9(14)7-11(12)15/h1-7,16-17H. The van der Waals surface area contributed by atoms with Crippen LogP contribution in [0, 0.1) is 17.5 Å². The van der Waals surface area contributed by atoms with E-state index in [-0.39, 0.29) is 11.5 Å². The topological polar surface area (TPSA) is 24.1 Å². The summed E-state index contributed by atoms with van der Waals surface area (Å²) < 4.78 is 38.4. The van der Waals surface area contributed by atoms with Crippen molar-refractivity contribution in [3.63, 3.8) is 0 Å². The molecule has 0 aliphatic heterocycles. The molecule has 0 aromatic heterocycles. The third-order valence-electron chi connectivity index (χ3n) is 2.12. The van der Waals surface area contributed by atoms with Crippen molar-refractivity contribution in [2.24, 2.45) is 0 Å². The molecule has 0 unspecified atom stereocenters. The van der Waals surface area contributed by atoms with Gasteiger partial charge in [0.05, 0.1) is 11.4 Å². The van der Waals surface area contributed by atoms with E-state index in [0.29, 0.717) is 5.69 Å². The molecule has 0 aliphatic carbocycles. The third kappa shape index (κ3) is 2.90. The number of hydrogen-bond donors (Lipinski definition) is 2. The lowest BCUT2D eigenvalue weighted by molar-refractivity contribution is 0.585. The van der Waals surface area contributed by atoms with Gasteiger partial charge in [-0.25, -0.2) is 13.2 Å². The van der Waals surface area contributed by atoms with Gasteiger partial charge in [-0.05, 0) is 36.4 Å². The number of rotatable bonds is 3. The maximum absolute atomic E-state index is 13.2. The first-order valence-electron chi connectivity index (χ1n) is 4.88. The Bertz CT molecular complexity index is 512. The zero-order valence-corrected chi connectivity index (χ0v) is 8.68. The van der Waals surface area contributed by atoms with Crippen molar-refractivity contribution in [2.75, 3.05) is 10.9 Å². The van der Waals surface area contributed by atoms with E-state index in [1.807, 2.05) is 0 Å². The molecule has 5 heteroatoms. The van der Waals surface area contributed by atoms with Crippen LogP contribution in [-0.2, 0) is 0 Å². The summed E-state index contributed by atoms with van der Waals surface area (Å²) in [6, 6.07) is 8.69. The van der Waals surface area contributed by atoms with Gasteiger partial charge in [0.15, 0.2) is 5.82 Å². The molecule has 2 N–H and O–H groups in total. The molecular weight excluding hydrogens is 229 g/mol. The minimum Gasteiger partial charge on any atom is -0.301 e. The van der Waals surface area contributed by atoms with Crippen molar-refractivity contribution < 1.29 is 13.2 Å². The van der Waals surface area contributed by atoms with Crippen molar-refractivity contribution in [2.45, 2.75) is 0 Å². The molecule has 0 fully saturated rings. The van der Waals surface area contributed by atoms with Gasteiger partial charge in [0.25, 0.3) is 0 Å². The van der Waals surface area contributed by atoms with Gasteiger partial charge in [-0.15, -0.1) is 0 Å². The highest BCUT2D eigenvalue weighted by Gasteiger charge is 2.02. The number of nitrogens with one attached hydrogen (secondary N) is 2. The molecule has 0 heterocycles. The van der Waals surface area contributed by atoms with E-state index < -0.39 is 11.6 Å². The Morgan fingerprint density at radius 3 is 2.00 bits per heavy atom. The first-order chi connectivity index (χ1) is 8.15. The lowest BCUT2D eigenvalue weighted by atomic mass is 10.3. The molecule has 2 aromatic rings. The van der Waals surface area contributed by atoms with Gasteiger partial charge >= 0.3 is 0 Å². The Morgan fingerprint density at radius 1 is 0.706 bits per heavy atom. The normalized spacial score (nSPS) is 10.1. The maximum atomic E-state index is 13.2. The molecule has 0 amide bonds. The van der Waals surface area contributed by atoms with Crippen LogP contribution >= 0.6 is 0 Å². The zero-order valence-electron chi connectivity index (χ0n) is 8.68. The Labute approximate surface area is 96.1 Å². The van der Waals surface area contributed by atoms with Crippen LogP contribution in [0.5, 0.6) is 0 Å². The van der Waals surface area contributed by atoms with Gasteiger partial charge < -0.3 is 5.43 Å². The van der Waals surface area contributed by atoms with Crippen molar-refractivity contribution in [1.82, 2.24) is 0 Å². The lowest BCUT2D eigenvalue weighted by Gasteiger charge is -2.10. The van der Waals surface area contributed by atoms with E-state index in [0.717, 1.165) is 12.1 Å². The van der Waals surface area contributed by atoms with Crippen molar-refractivity contribution in [3.05, 3.63) is 59.9 Å². The number of hydrazine groups is 1. The van der Waals surface area contributed by atoms with Crippen LogP contribution in [0.25, 0.3) is 0 Å². The first kappa shape index (κ1) is 11.3. The summed E-state index contributed by atoms with van der Waals surface area (Å²) in [6.45, 7) is 0. The monoisotopic (exact) mass is 238 g/mol. The molecule has 88 valence electrons. The second-order valence-corrected chi connectivity index (χ2v) is 3.38. The average molecular weight is 238 g/mol. The highest BCUT2D eigenvalue weighted by molar-refractivity contribution is 5.52. The molecular formula is C12H9F3N2. The highest BCUT2D eigenvalue weighted by atomic mass is 19.1. The van der Waals surface area contributed by atoms with E-state index in [9.17, 15) is 13.2 Å². The molecule has 2 aromatic carbocycles. The quantitative estimate of drug-likeness (QED) is 0.799. The molecule has 0 atom stereocenters. The predicted octanol–water partition coefficient (Wildman–Crippen LogP) is 3.54. The number of benzene rings is 2. The first-order valence-corrected chi connectivity index (χ1v) is 4.88. The smallest absolute Gasteiger partial charge is 0.150 e. The van der Waals surface area contributed by atoms with E-state index in [4.69, 9.17) is 0 Å². The van der Waals surface area contributed by atoms with Crippen LogP contribution in [-0.4, -0.2) is 0 Å². The van der Waals surface area contributed by atoms with Crippen LogP contribution in [0.1, 0.15) is 0 Å². The summed E-state index contributed by atoms with van der Waals surface area (Å²) in [4.78, 5) is 0. The summed E-state index contributed by atoms with van der Waals surface area (Å²) in [6.07, 6.45) is 0. The molecule has 0 radical (unpaired) electrons. The SMILES string of the molecule is Fc1ccc(NNc2ccc(F)cc2F)cc1. The van der Waals surface area contributed by atoms with Crippen LogP contribution in [0.4, 0.5) is 24.5 Å². The van der Waals surface area contributed by atoms with Gasteiger partial charge in [-0.1, -0.05) is 0 Å². The number of halogens is 3. The Hall–Kier alpha value is -2.17. The summed E-state index contributed by atoms with van der Waals surface area (Å²) in [7, 11) is 0. The summed E-state index contributed by atoms with van der Waals surface area (Å²) in [5, 5.41) is 0. The van der Waals surface area contributed by atoms with E-state index in [2.05, 4.69) is 10.9 Å². The fourth-order valence-electron chi connectivity index (χ4n) is 1.26. The lowest BCUT2D eigenvalue weighted by Crippen LogP contribution is -2.10. The zero-order chi connectivity index (χ0) is 12.3. The summed E-state index contributed by atoms with van der Waals surface area (Å²) >= 11 is 0. The summed E-state index contributed by atoms with van der Waals surface area (Å²) in [5.74, 6) is -1.71. The molecule has 0 saturated heterocycles. The predicted molar refractivity (Wildman–Crippen MR) is 60.0 cm³/mol. The largest absolute Gasteiger partial charge is 0.301 e. The van der Waals surface area contributed by atoms with Crippen molar-refractivity contribution >= 4 is 11.4 Å². The van der Waals surface area contributed by atoms with E-state index >= 15 is 0 Å². The molecule has 0 bridgehead atoms. The number of hydrogen-bond acceptors (Lipinski definition) is 2. The van der Waals surface area contributed by atoms with Gasteiger partial charge in [0.1, 0.15) is 11.6 Å². The van der Waals surface area contributed by atoms with Gasteiger partial charge in [-0.3, -0.25) is 5.43 Å². The number of anilines is 2. The Morgan fingerprint density at radius 2 is 1.35 bits per heavy atom. The molecule has 2 rings (SSSR count). The van der Waals surface area contributed by atoms with Crippen molar-refractivity contribution in [3.8, 4) is 0 Å². The van der Waals surface area contributed by atoms with E-state index in [1.165, 1.54) is 30.3 Å². The fraction of sp³-hybridized carbons (Fsp3) is 0. The third-order valence-corrected chi connectivity index (χ3v) is 2.12. The van der Waals surface area contributed by atoms with Gasteiger partial charge in [0, 0.05) is 6.07 Å². The second kappa shape index (κ2) is 4.78. The second-order valence-electron chi connectivity index (χ2n) is 3.38. The molecule has 17 heavy (non-hydrogen) atoms. The molecule has 0 aliphatic rings. The molecule has 0 saturated carbocycles. The minimum atomic E-state index is -0.709. The van der Waals surface area contributed by atoms with E-state index in [1.54, 1.807) is 0 Å². The van der Waals surface area contributed by atoms with Crippen LogP contribution in [0.3, 0.4) is 0 Å². The Balaban J connectivity index is 2.04. The van der Waals surface area contributed by atoms with Gasteiger partial charge in [0.2, 0.25) is 0 Å². The Kier molecular flexibility index (Phi) is 3.18. The minimum absolute atomic E-state index is 0.107.